The van der Waals surface area contributed by atoms with Crippen molar-refractivity contribution in [2.24, 2.45) is 0 Å². The number of carbonyl (C=O) groups excluding carboxylic acids is 3. The molecule has 0 unspecified atom stereocenters. The van der Waals surface area contributed by atoms with E-state index in [0.717, 1.165) is 11.3 Å². The van der Waals surface area contributed by atoms with E-state index in [2.05, 4.69) is 10.6 Å². The Kier molecular flexibility index (Phi) is 8.14. The number of carbonyl (C=O) groups is 3. The minimum atomic E-state index is -1.01. The fourth-order valence-electron chi connectivity index (χ4n) is 4.12. The number of ether oxygens (including phenoxy) is 1. The number of aryl methyl sites for hydroxylation is 1. The number of amides is 3. The molecule has 3 rings (SSSR count). The number of nitrogens with zero attached hydrogens (tertiary/aromatic N) is 1. The summed E-state index contributed by atoms with van der Waals surface area (Å²) in [4.78, 5) is 41.0. The molecule has 3 amide bonds. The van der Waals surface area contributed by atoms with Crippen molar-refractivity contribution in [3.63, 3.8) is 0 Å². The maximum Gasteiger partial charge on any atom is 0.408 e. The molecular weight excluding hydrogens is 449 g/mol. The molecule has 2 N–H and O–H groups in total. The summed E-state index contributed by atoms with van der Waals surface area (Å²) in [7, 11) is 0. The molecule has 0 aromatic heterocycles. The first-order valence-electron chi connectivity index (χ1n) is 11.9. The Hall–Kier alpha value is -3.42. The quantitative estimate of drug-likeness (QED) is 0.647. The van der Waals surface area contributed by atoms with Crippen molar-refractivity contribution in [3.8, 4) is 0 Å². The molecule has 7 nitrogen and oxygen atoms in total. The highest BCUT2D eigenvalue weighted by Gasteiger charge is 2.34. The second-order valence-corrected chi connectivity index (χ2v) is 10.1. The summed E-state index contributed by atoms with van der Waals surface area (Å²) in [6, 6.07) is 11.6. The molecule has 188 valence electrons. The normalized spacial score (nSPS) is 16.8. The predicted molar refractivity (Wildman–Crippen MR) is 133 cm³/mol. The van der Waals surface area contributed by atoms with Gasteiger partial charge in [0.05, 0.1) is 0 Å². The second-order valence-electron chi connectivity index (χ2n) is 10.1. The Morgan fingerprint density at radius 2 is 1.77 bits per heavy atom. The van der Waals surface area contributed by atoms with Crippen LogP contribution in [0.25, 0.3) is 0 Å². The van der Waals surface area contributed by atoms with Gasteiger partial charge in [0.15, 0.2) is 0 Å². The number of nitrogens with one attached hydrogen (secondary N) is 2. The van der Waals surface area contributed by atoms with Crippen LogP contribution in [-0.2, 0) is 27.2 Å². The number of anilines is 1. The zero-order chi connectivity index (χ0) is 25.8. The van der Waals surface area contributed by atoms with Crippen LogP contribution in [-0.4, -0.2) is 41.6 Å². The van der Waals surface area contributed by atoms with Gasteiger partial charge in [-0.2, -0.15) is 0 Å². The molecule has 0 saturated heterocycles. The lowest BCUT2D eigenvalue weighted by atomic mass is 10.0. The lowest BCUT2D eigenvalue weighted by molar-refractivity contribution is -0.129. The van der Waals surface area contributed by atoms with E-state index in [-0.39, 0.29) is 18.4 Å². The number of para-hydroxylation sites is 1. The van der Waals surface area contributed by atoms with Crippen LogP contribution in [0.5, 0.6) is 0 Å². The molecule has 0 radical (unpaired) electrons. The summed E-state index contributed by atoms with van der Waals surface area (Å²) < 4.78 is 18.7. The van der Waals surface area contributed by atoms with Gasteiger partial charge in [-0.1, -0.05) is 30.3 Å². The van der Waals surface area contributed by atoms with Crippen molar-refractivity contribution in [1.82, 2.24) is 10.6 Å². The number of halogens is 1. The zero-order valence-electron chi connectivity index (χ0n) is 20.9. The van der Waals surface area contributed by atoms with E-state index in [1.54, 1.807) is 37.8 Å². The van der Waals surface area contributed by atoms with Crippen molar-refractivity contribution in [2.75, 3.05) is 4.90 Å². The zero-order valence-corrected chi connectivity index (χ0v) is 20.9. The van der Waals surface area contributed by atoms with Crippen LogP contribution < -0.4 is 15.5 Å². The van der Waals surface area contributed by atoms with Gasteiger partial charge in [0.1, 0.15) is 23.5 Å². The molecule has 0 spiro atoms. The number of rotatable bonds is 6. The molecule has 2 aromatic rings. The van der Waals surface area contributed by atoms with E-state index in [0.29, 0.717) is 18.4 Å². The predicted octanol–water partition coefficient (Wildman–Crippen LogP) is 4.13. The highest BCUT2D eigenvalue weighted by molar-refractivity contribution is 6.01. The highest BCUT2D eigenvalue weighted by atomic mass is 19.1. The van der Waals surface area contributed by atoms with Crippen molar-refractivity contribution in [3.05, 3.63) is 65.5 Å². The van der Waals surface area contributed by atoms with E-state index >= 15 is 0 Å². The third kappa shape index (κ3) is 7.04. The van der Waals surface area contributed by atoms with Gasteiger partial charge < -0.3 is 20.3 Å². The summed E-state index contributed by atoms with van der Waals surface area (Å²) in [5.74, 6) is -1.10. The van der Waals surface area contributed by atoms with Crippen molar-refractivity contribution in [2.45, 2.75) is 77.6 Å². The maximum absolute atomic E-state index is 13.5. The maximum atomic E-state index is 13.5. The third-order valence-electron chi connectivity index (χ3n) is 5.68. The van der Waals surface area contributed by atoms with Crippen molar-refractivity contribution >= 4 is 23.6 Å². The average Bonchev–Trinajstić information content (AvgIpc) is 2.90. The molecule has 2 atom stereocenters. The van der Waals surface area contributed by atoms with Crippen molar-refractivity contribution in [1.29, 1.82) is 0 Å². The standard InChI is InChI=1S/C27H34FN3O4/c1-17(2)31-23-9-7-6-8-19(23)12-15-21(25(31)33)29-24(32)22(30-26(34)35-27(3,4)5)16-18-10-13-20(28)14-11-18/h6-11,13-14,17,21-22H,12,15-16H2,1-5H3,(H,29,32)(H,30,34)/t21-,22-/m1/s1. The van der Waals surface area contributed by atoms with Gasteiger partial charge in [-0.15, -0.1) is 0 Å². The van der Waals surface area contributed by atoms with Crippen LogP contribution in [0.2, 0.25) is 0 Å². The van der Waals surface area contributed by atoms with Gasteiger partial charge in [0.2, 0.25) is 11.8 Å². The lowest BCUT2D eigenvalue weighted by Crippen LogP contribution is -2.56. The Morgan fingerprint density at radius 3 is 2.40 bits per heavy atom. The van der Waals surface area contributed by atoms with Crippen molar-refractivity contribution < 1.29 is 23.5 Å². The fourth-order valence-corrected chi connectivity index (χ4v) is 4.12. The Balaban J connectivity index is 1.81. The van der Waals surface area contributed by atoms with Gasteiger partial charge in [-0.25, -0.2) is 9.18 Å². The van der Waals surface area contributed by atoms with E-state index in [1.165, 1.54) is 12.1 Å². The molecule has 0 fully saturated rings. The lowest BCUT2D eigenvalue weighted by Gasteiger charge is -2.30. The molecule has 0 saturated carbocycles. The number of fused-ring (bicyclic) bond motifs is 1. The van der Waals surface area contributed by atoms with Crippen LogP contribution in [0.15, 0.2) is 48.5 Å². The van der Waals surface area contributed by atoms with Crippen LogP contribution in [0, 0.1) is 5.82 Å². The summed E-state index contributed by atoms with van der Waals surface area (Å²) in [6.45, 7) is 9.04. The molecule has 8 heteroatoms. The smallest absolute Gasteiger partial charge is 0.408 e. The van der Waals surface area contributed by atoms with Crippen LogP contribution in [0.3, 0.4) is 0 Å². The monoisotopic (exact) mass is 483 g/mol. The van der Waals surface area contributed by atoms with Gasteiger partial charge in [0, 0.05) is 18.2 Å². The largest absolute Gasteiger partial charge is 0.444 e. The molecule has 0 aliphatic carbocycles. The first-order chi connectivity index (χ1) is 16.4. The topological polar surface area (TPSA) is 87.7 Å². The van der Waals surface area contributed by atoms with E-state index in [1.807, 2.05) is 38.1 Å². The highest BCUT2D eigenvalue weighted by Crippen LogP contribution is 2.28. The first kappa shape index (κ1) is 26.2. The SMILES string of the molecule is CC(C)N1C(=O)[C@H](NC(=O)[C@@H](Cc2ccc(F)cc2)NC(=O)OC(C)(C)C)CCc2ccccc21. The third-order valence-corrected chi connectivity index (χ3v) is 5.68. The van der Waals surface area contributed by atoms with E-state index in [9.17, 15) is 18.8 Å². The summed E-state index contributed by atoms with van der Waals surface area (Å²) in [5.41, 5.74) is 1.80. The van der Waals surface area contributed by atoms with E-state index in [4.69, 9.17) is 4.74 Å². The summed E-state index contributed by atoms with van der Waals surface area (Å²) >= 11 is 0. The van der Waals surface area contributed by atoms with E-state index < -0.39 is 35.5 Å². The number of hydrogen-bond donors (Lipinski definition) is 2. The first-order valence-corrected chi connectivity index (χ1v) is 11.9. The summed E-state index contributed by atoms with van der Waals surface area (Å²) in [5, 5.41) is 5.47. The molecular formula is C27H34FN3O4. The molecule has 0 bridgehead atoms. The average molecular weight is 484 g/mol. The number of benzene rings is 2. The molecule has 1 aliphatic heterocycles. The Bertz CT molecular complexity index is 1060. The minimum absolute atomic E-state index is 0.101. The van der Waals surface area contributed by atoms with Gasteiger partial charge in [-0.3, -0.25) is 9.59 Å². The fraction of sp³-hybridized carbons (Fsp3) is 0.444. The molecule has 35 heavy (non-hydrogen) atoms. The van der Waals surface area contributed by atoms with Gasteiger partial charge in [-0.05, 0) is 76.8 Å². The number of alkyl carbamates (subject to hydrolysis) is 1. The molecule has 1 aliphatic rings. The van der Waals surface area contributed by atoms with Crippen LogP contribution >= 0.6 is 0 Å². The Labute approximate surface area is 206 Å². The molecule has 2 aromatic carbocycles. The second kappa shape index (κ2) is 10.9. The number of hydrogen-bond acceptors (Lipinski definition) is 4. The molecule has 1 heterocycles. The van der Waals surface area contributed by atoms with Gasteiger partial charge >= 0.3 is 6.09 Å². The van der Waals surface area contributed by atoms with Gasteiger partial charge in [0.25, 0.3) is 0 Å². The minimum Gasteiger partial charge on any atom is -0.444 e. The van der Waals surface area contributed by atoms with Crippen LogP contribution in [0.4, 0.5) is 14.9 Å². The van der Waals surface area contributed by atoms with Crippen LogP contribution in [0.1, 0.15) is 52.2 Å². The Morgan fingerprint density at radius 1 is 1.11 bits per heavy atom. The summed E-state index contributed by atoms with van der Waals surface area (Å²) in [6.07, 6.45) is 0.419.